The molecule has 1 amide bonds. The Morgan fingerprint density at radius 3 is 2.80 bits per heavy atom. The number of alkyl carbamates (subject to hydrolysis) is 1. The van der Waals surface area contributed by atoms with E-state index in [1.807, 2.05) is 0 Å². The summed E-state index contributed by atoms with van der Waals surface area (Å²) in [6.07, 6.45) is -3.25. The molecule has 0 atom stereocenters. The number of hydrogen-bond donors (Lipinski definition) is 1. The van der Waals surface area contributed by atoms with Crippen molar-refractivity contribution >= 4 is 6.09 Å². The fourth-order valence-corrected chi connectivity index (χ4v) is 1.90. The molecule has 1 aromatic rings. The van der Waals surface area contributed by atoms with Crippen LogP contribution in [0, 0.1) is 0 Å². The lowest BCUT2D eigenvalue weighted by Crippen LogP contribution is -2.28. The number of carbonyl (C=O) groups is 1. The first kappa shape index (κ1) is 14.7. The maximum Gasteiger partial charge on any atom is 0.435 e. The molecule has 1 heterocycles. The molecule has 20 heavy (non-hydrogen) atoms. The highest BCUT2D eigenvalue weighted by molar-refractivity contribution is 5.66. The zero-order valence-corrected chi connectivity index (χ0v) is 11.0. The van der Waals surface area contributed by atoms with E-state index in [9.17, 15) is 18.0 Å². The molecule has 0 aromatic carbocycles. The maximum absolute atomic E-state index is 12.7. The van der Waals surface area contributed by atoms with Crippen LogP contribution in [0.15, 0.2) is 6.07 Å². The van der Waals surface area contributed by atoms with Gasteiger partial charge in [0, 0.05) is 18.2 Å². The van der Waals surface area contributed by atoms with Crippen molar-refractivity contribution in [2.45, 2.75) is 38.4 Å². The van der Waals surface area contributed by atoms with Crippen LogP contribution < -0.4 is 5.32 Å². The molecule has 1 saturated carbocycles. The van der Waals surface area contributed by atoms with Crippen molar-refractivity contribution in [2.24, 2.45) is 0 Å². The first-order valence-corrected chi connectivity index (χ1v) is 6.47. The SMILES string of the molecule is CCOC(=O)NCCn1nc(C(F)(F)F)cc1C1CC1. The smallest absolute Gasteiger partial charge is 0.435 e. The van der Waals surface area contributed by atoms with Crippen molar-refractivity contribution in [3.8, 4) is 0 Å². The van der Waals surface area contributed by atoms with Crippen LogP contribution >= 0.6 is 0 Å². The number of rotatable bonds is 5. The molecule has 0 spiro atoms. The van der Waals surface area contributed by atoms with Gasteiger partial charge in [-0.2, -0.15) is 18.3 Å². The average Bonchev–Trinajstić information content (AvgIpc) is 3.09. The molecule has 1 aliphatic carbocycles. The second-order valence-corrected chi connectivity index (χ2v) is 4.60. The molecule has 5 nitrogen and oxygen atoms in total. The first-order valence-electron chi connectivity index (χ1n) is 6.47. The quantitative estimate of drug-likeness (QED) is 0.907. The van der Waals surface area contributed by atoms with Gasteiger partial charge in [-0.25, -0.2) is 4.79 Å². The number of nitrogens with one attached hydrogen (secondary N) is 1. The molecule has 1 N–H and O–H groups in total. The van der Waals surface area contributed by atoms with Crippen molar-refractivity contribution in [3.05, 3.63) is 17.5 Å². The Balaban J connectivity index is 1.99. The van der Waals surface area contributed by atoms with Crippen LogP contribution in [-0.4, -0.2) is 29.0 Å². The number of aromatic nitrogens is 2. The minimum absolute atomic E-state index is 0.154. The van der Waals surface area contributed by atoms with E-state index >= 15 is 0 Å². The first-order chi connectivity index (χ1) is 9.41. The number of halogens is 3. The molecule has 8 heteroatoms. The van der Waals surface area contributed by atoms with Gasteiger partial charge in [0.1, 0.15) is 0 Å². The van der Waals surface area contributed by atoms with E-state index < -0.39 is 18.0 Å². The van der Waals surface area contributed by atoms with Gasteiger partial charge < -0.3 is 10.1 Å². The molecule has 0 aliphatic heterocycles. The third-order valence-electron chi connectivity index (χ3n) is 2.97. The van der Waals surface area contributed by atoms with Crippen molar-refractivity contribution in [1.29, 1.82) is 0 Å². The van der Waals surface area contributed by atoms with E-state index in [1.165, 1.54) is 4.68 Å². The summed E-state index contributed by atoms with van der Waals surface area (Å²) in [5, 5.41) is 6.05. The van der Waals surface area contributed by atoms with Gasteiger partial charge in [0.2, 0.25) is 0 Å². The standard InChI is InChI=1S/C12H16F3N3O2/c1-2-20-11(19)16-5-6-18-9(8-3-4-8)7-10(17-18)12(13,14)15/h7-8H,2-6H2,1H3,(H,16,19). The van der Waals surface area contributed by atoms with E-state index in [1.54, 1.807) is 6.92 Å². The van der Waals surface area contributed by atoms with E-state index in [-0.39, 0.29) is 25.6 Å². The molecule has 0 radical (unpaired) electrons. The lowest BCUT2D eigenvalue weighted by atomic mass is 10.2. The van der Waals surface area contributed by atoms with Gasteiger partial charge in [-0.05, 0) is 25.8 Å². The Morgan fingerprint density at radius 1 is 1.55 bits per heavy atom. The van der Waals surface area contributed by atoms with Gasteiger partial charge in [0.05, 0.1) is 13.2 Å². The largest absolute Gasteiger partial charge is 0.450 e. The predicted octanol–water partition coefficient (Wildman–Crippen LogP) is 2.53. The number of alkyl halides is 3. The Morgan fingerprint density at radius 2 is 2.25 bits per heavy atom. The summed E-state index contributed by atoms with van der Waals surface area (Å²) in [5.74, 6) is 0.154. The number of carbonyl (C=O) groups excluding carboxylic acids is 1. The monoisotopic (exact) mass is 291 g/mol. The molecular weight excluding hydrogens is 275 g/mol. The zero-order valence-electron chi connectivity index (χ0n) is 11.0. The molecule has 1 aliphatic rings. The van der Waals surface area contributed by atoms with Gasteiger partial charge >= 0.3 is 12.3 Å². The highest BCUT2D eigenvalue weighted by Gasteiger charge is 2.37. The molecule has 0 bridgehead atoms. The normalized spacial score (nSPS) is 15.2. The van der Waals surface area contributed by atoms with Crippen molar-refractivity contribution in [3.63, 3.8) is 0 Å². The summed E-state index contributed by atoms with van der Waals surface area (Å²) in [7, 11) is 0. The van der Waals surface area contributed by atoms with E-state index in [2.05, 4.69) is 15.2 Å². The number of nitrogens with zero attached hydrogens (tertiary/aromatic N) is 2. The highest BCUT2D eigenvalue weighted by Crippen LogP contribution is 2.41. The van der Waals surface area contributed by atoms with Gasteiger partial charge in [-0.15, -0.1) is 0 Å². The number of amides is 1. The minimum atomic E-state index is -4.44. The summed E-state index contributed by atoms with van der Waals surface area (Å²) >= 11 is 0. The van der Waals surface area contributed by atoms with Crippen LogP contribution in [-0.2, 0) is 17.5 Å². The Hall–Kier alpha value is -1.73. The second kappa shape index (κ2) is 5.72. The van der Waals surface area contributed by atoms with Crippen LogP contribution in [0.1, 0.15) is 37.1 Å². The summed E-state index contributed by atoms with van der Waals surface area (Å²) in [5.41, 5.74) is -0.293. The van der Waals surface area contributed by atoms with Crippen LogP contribution in [0.3, 0.4) is 0 Å². The van der Waals surface area contributed by atoms with Gasteiger partial charge in [0.25, 0.3) is 0 Å². The van der Waals surface area contributed by atoms with Crippen molar-refractivity contribution in [2.75, 3.05) is 13.2 Å². The fraction of sp³-hybridized carbons (Fsp3) is 0.667. The second-order valence-electron chi connectivity index (χ2n) is 4.60. The molecule has 112 valence electrons. The number of ether oxygens (including phenoxy) is 1. The molecule has 0 unspecified atom stereocenters. The van der Waals surface area contributed by atoms with E-state index in [0.29, 0.717) is 5.69 Å². The third-order valence-corrected chi connectivity index (χ3v) is 2.97. The van der Waals surface area contributed by atoms with Gasteiger partial charge in [-0.1, -0.05) is 0 Å². The van der Waals surface area contributed by atoms with Crippen molar-refractivity contribution in [1.82, 2.24) is 15.1 Å². The average molecular weight is 291 g/mol. The molecule has 1 fully saturated rings. The topological polar surface area (TPSA) is 56.1 Å². The highest BCUT2D eigenvalue weighted by atomic mass is 19.4. The van der Waals surface area contributed by atoms with E-state index in [0.717, 1.165) is 18.9 Å². The zero-order chi connectivity index (χ0) is 14.8. The Kier molecular flexibility index (Phi) is 4.20. The summed E-state index contributed by atoms with van der Waals surface area (Å²) in [6, 6.07) is 1.10. The van der Waals surface area contributed by atoms with E-state index in [4.69, 9.17) is 0 Å². The third kappa shape index (κ3) is 3.64. The Bertz CT molecular complexity index is 481. The predicted molar refractivity (Wildman–Crippen MR) is 64.2 cm³/mol. The van der Waals surface area contributed by atoms with Crippen molar-refractivity contribution < 1.29 is 22.7 Å². The fourth-order valence-electron chi connectivity index (χ4n) is 1.90. The lowest BCUT2D eigenvalue weighted by Gasteiger charge is -2.08. The summed E-state index contributed by atoms with van der Waals surface area (Å²) in [6.45, 7) is 2.30. The molecular formula is C12H16F3N3O2. The molecule has 2 rings (SSSR count). The van der Waals surface area contributed by atoms with Crippen LogP contribution in [0.2, 0.25) is 0 Å². The summed E-state index contributed by atoms with van der Waals surface area (Å²) in [4.78, 5) is 11.1. The summed E-state index contributed by atoms with van der Waals surface area (Å²) < 4.78 is 43.9. The Labute approximate surface area is 114 Å². The van der Waals surface area contributed by atoms with Gasteiger partial charge in [0.15, 0.2) is 5.69 Å². The maximum atomic E-state index is 12.7. The lowest BCUT2D eigenvalue weighted by molar-refractivity contribution is -0.141. The molecule has 1 aromatic heterocycles. The van der Waals surface area contributed by atoms with Crippen LogP contribution in [0.4, 0.5) is 18.0 Å². The van der Waals surface area contributed by atoms with Crippen LogP contribution in [0.25, 0.3) is 0 Å². The number of hydrogen-bond acceptors (Lipinski definition) is 3. The van der Waals surface area contributed by atoms with Crippen LogP contribution in [0.5, 0.6) is 0 Å². The molecule has 0 saturated heterocycles. The minimum Gasteiger partial charge on any atom is -0.450 e. The van der Waals surface area contributed by atoms with Gasteiger partial charge in [-0.3, -0.25) is 4.68 Å².